The van der Waals surface area contributed by atoms with Gasteiger partial charge in [0.2, 0.25) is 5.71 Å². The maximum atomic E-state index is 13.0. The molecule has 3 aromatic rings. The highest BCUT2D eigenvalue weighted by molar-refractivity contribution is 6.54. The summed E-state index contributed by atoms with van der Waals surface area (Å²) < 4.78 is 3.09. The molecule has 0 unspecified atom stereocenters. The summed E-state index contributed by atoms with van der Waals surface area (Å²) in [7, 11) is 2.00. The lowest BCUT2D eigenvalue weighted by atomic mass is 9.99. The SMILES string of the molecule is Cn1cc(C2=[N+]([O-])C(C)(C)N=C2c2ccccc2)c2ccccc21. The number of rotatable bonds is 2. The Labute approximate surface area is 141 Å². The fourth-order valence-corrected chi connectivity index (χ4v) is 3.31. The third kappa shape index (κ3) is 2.07. The molecular formula is C20H19N3O. The molecule has 0 bridgehead atoms. The largest absolute Gasteiger partial charge is 0.622 e. The third-order valence-corrected chi connectivity index (χ3v) is 4.51. The highest BCUT2D eigenvalue weighted by Crippen LogP contribution is 2.28. The van der Waals surface area contributed by atoms with Crippen molar-refractivity contribution in [3.05, 3.63) is 77.1 Å². The molecule has 120 valence electrons. The van der Waals surface area contributed by atoms with Crippen LogP contribution in [0.1, 0.15) is 25.0 Å². The summed E-state index contributed by atoms with van der Waals surface area (Å²) in [5.74, 6) is 0. The Morgan fingerprint density at radius 1 is 1.00 bits per heavy atom. The van der Waals surface area contributed by atoms with Crippen LogP contribution in [0.2, 0.25) is 0 Å². The van der Waals surface area contributed by atoms with Crippen molar-refractivity contribution >= 4 is 22.3 Å². The first kappa shape index (κ1) is 14.7. The smallest absolute Gasteiger partial charge is 0.260 e. The molecule has 4 nitrogen and oxygen atoms in total. The molecule has 2 heterocycles. The number of hydroxylamine groups is 1. The van der Waals surface area contributed by atoms with E-state index in [0.29, 0.717) is 5.71 Å². The van der Waals surface area contributed by atoms with Crippen molar-refractivity contribution in [3.8, 4) is 0 Å². The summed E-state index contributed by atoms with van der Waals surface area (Å²) in [6, 6.07) is 18.0. The van der Waals surface area contributed by atoms with Crippen LogP contribution in [0, 0.1) is 5.21 Å². The van der Waals surface area contributed by atoms with Crippen LogP contribution < -0.4 is 0 Å². The summed E-state index contributed by atoms with van der Waals surface area (Å²) in [6.07, 6.45) is 2.02. The maximum Gasteiger partial charge on any atom is 0.260 e. The zero-order valence-corrected chi connectivity index (χ0v) is 14.0. The maximum absolute atomic E-state index is 13.0. The number of aromatic nitrogens is 1. The number of benzene rings is 2. The second-order valence-corrected chi connectivity index (χ2v) is 6.63. The molecule has 4 heteroatoms. The summed E-state index contributed by atoms with van der Waals surface area (Å²) in [6.45, 7) is 3.70. The molecule has 0 saturated heterocycles. The van der Waals surface area contributed by atoms with E-state index in [2.05, 4.69) is 16.7 Å². The predicted molar refractivity (Wildman–Crippen MR) is 97.7 cm³/mol. The number of hydrogen-bond donors (Lipinski definition) is 0. The molecule has 0 fully saturated rings. The van der Waals surface area contributed by atoms with E-state index in [1.807, 2.05) is 69.6 Å². The van der Waals surface area contributed by atoms with Crippen LogP contribution in [0.15, 0.2) is 65.8 Å². The molecule has 0 N–H and O–H groups in total. The van der Waals surface area contributed by atoms with Gasteiger partial charge in [-0.05, 0) is 6.07 Å². The van der Waals surface area contributed by atoms with Gasteiger partial charge >= 0.3 is 0 Å². The van der Waals surface area contributed by atoms with Gasteiger partial charge in [-0.25, -0.2) is 4.99 Å². The van der Waals surface area contributed by atoms with Crippen molar-refractivity contribution in [2.24, 2.45) is 12.0 Å². The van der Waals surface area contributed by atoms with Crippen LogP contribution in [-0.4, -0.2) is 26.4 Å². The molecule has 2 aromatic carbocycles. The summed E-state index contributed by atoms with van der Waals surface area (Å²) in [5, 5.41) is 14.1. The molecule has 1 aliphatic heterocycles. The number of aliphatic imine (C=N–C) groups is 1. The van der Waals surface area contributed by atoms with Gasteiger partial charge in [-0.15, -0.1) is 0 Å². The molecule has 4 rings (SSSR count). The third-order valence-electron chi connectivity index (χ3n) is 4.51. The van der Waals surface area contributed by atoms with Gasteiger partial charge in [-0.1, -0.05) is 48.5 Å². The average molecular weight is 317 g/mol. The van der Waals surface area contributed by atoms with E-state index in [1.165, 1.54) is 0 Å². The molecule has 0 radical (unpaired) electrons. The van der Waals surface area contributed by atoms with Crippen LogP contribution in [-0.2, 0) is 7.05 Å². The van der Waals surface area contributed by atoms with E-state index in [1.54, 1.807) is 0 Å². The van der Waals surface area contributed by atoms with Gasteiger partial charge in [0.15, 0.2) is 0 Å². The average Bonchev–Trinajstić information content (AvgIpc) is 3.03. The molecule has 0 amide bonds. The van der Waals surface area contributed by atoms with Gasteiger partial charge in [0.05, 0.1) is 5.56 Å². The highest BCUT2D eigenvalue weighted by Gasteiger charge is 2.41. The molecule has 24 heavy (non-hydrogen) atoms. The van der Waals surface area contributed by atoms with E-state index in [9.17, 15) is 5.21 Å². The predicted octanol–water partition coefficient (Wildman–Crippen LogP) is 3.72. The monoisotopic (exact) mass is 317 g/mol. The van der Waals surface area contributed by atoms with Crippen LogP contribution in [0.5, 0.6) is 0 Å². The van der Waals surface area contributed by atoms with Crippen LogP contribution in [0.3, 0.4) is 0 Å². The van der Waals surface area contributed by atoms with Gasteiger partial charge in [-0.2, -0.15) is 4.74 Å². The first-order chi connectivity index (χ1) is 11.5. The Hall–Kier alpha value is -2.88. The van der Waals surface area contributed by atoms with Crippen molar-refractivity contribution < 1.29 is 4.74 Å². The first-order valence-corrected chi connectivity index (χ1v) is 8.03. The minimum absolute atomic E-state index is 0.642. The Morgan fingerprint density at radius 3 is 2.42 bits per heavy atom. The Kier molecular flexibility index (Phi) is 3.10. The van der Waals surface area contributed by atoms with Crippen LogP contribution in [0.4, 0.5) is 0 Å². The van der Waals surface area contributed by atoms with Gasteiger partial charge in [-0.3, -0.25) is 0 Å². The second kappa shape index (κ2) is 5.06. The molecular weight excluding hydrogens is 298 g/mol. The molecule has 1 aliphatic rings. The van der Waals surface area contributed by atoms with E-state index in [-0.39, 0.29) is 0 Å². The fourth-order valence-electron chi connectivity index (χ4n) is 3.31. The van der Waals surface area contributed by atoms with Crippen molar-refractivity contribution in [2.75, 3.05) is 0 Å². The van der Waals surface area contributed by atoms with E-state index < -0.39 is 5.66 Å². The number of nitrogens with zero attached hydrogens (tertiary/aromatic N) is 3. The lowest BCUT2D eigenvalue weighted by Crippen LogP contribution is -2.30. The van der Waals surface area contributed by atoms with Gasteiger partial charge in [0.1, 0.15) is 5.71 Å². The van der Waals surface area contributed by atoms with E-state index in [0.717, 1.165) is 32.5 Å². The van der Waals surface area contributed by atoms with Crippen molar-refractivity contribution in [3.63, 3.8) is 0 Å². The molecule has 0 spiro atoms. The van der Waals surface area contributed by atoms with E-state index in [4.69, 9.17) is 4.99 Å². The molecule has 1 aromatic heterocycles. The minimum Gasteiger partial charge on any atom is -0.622 e. The van der Waals surface area contributed by atoms with Crippen molar-refractivity contribution in [1.29, 1.82) is 0 Å². The van der Waals surface area contributed by atoms with Gasteiger partial charge in [0, 0.05) is 43.6 Å². The normalized spacial score (nSPS) is 16.7. The summed E-state index contributed by atoms with van der Waals surface area (Å²) in [4.78, 5) is 4.73. The summed E-state index contributed by atoms with van der Waals surface area (Å²) in [5.41, 5.74) is 3.58. The molecule has 0 saturated carbocycles. The van der Waals surface area contributed by atoms with Crippen molar-refractivity contribution in [1.82, 2.24) is 4.57 Å². The standard InChI is InChI=1S/C20H19N3O/c1-20(2)21-18(14-9-5-4-6-10-14)19(23(20)24)16-13-22(3)17-12-8-7-11-15(16)17/h4-13H,1-3H3. The number of para-hydroxylation sites is 1. The lowest BCUT2D eigenvalue weighted by molar-refractivity contribution is -0.531. The minimum atomic E-state index is -0.808. The van der Waals surface area contributed by atoms with Crippen molar-refractivity contribution in [2.45, 2.75) is 19.5 Å². The Bertz CT molecular complexity index is 994. The van der Waals surface area contributed by atoms with Crippen LogP contribution in [0.25, 0.3) is 10.9 Å². The molecule has 0 atom stereocenters. The van der Waals surface area contributed by atoms with Gasteiger partial charge in [0.25, 0.3) is 5.66 Å². The summed E-state index contributed by atoms with van der Waals surface area (Å²) >= 11 is 0. The Balaban J connectivity index is 2.01. The first-order valence-electron chi connectivity index (χ1n) is 8.03. The lowest BCUT2D eigenvalue weighted by Gasteiger charge is -2.15. The number of fused-ring (bicyclic) bond motifs is 1. The zero-order valence-electron chi connectivity index (χ0n) is 14.0. The number of aryl methyl sites for hydroxylation is 1. The van der Waals surface area contributed by atoms with Crippen LogP contribution >= 0.6 is 0 Å². The van der Waals surface area contributed by atoms with E-state index >= 15 is 0 Å². The zero-order chi connectivity index (χ0) is 16.9. The topological polar surface area (TPSA) is 43.4 Å². The molecule has 0 aliphatic carbocycles. The quantitative estimate of drug-likeness (QED) is 0.525. The Morgan fingerprint density at radius 2 is 1.67 bits per heavy atom. The highest BCUT2D eigenvalue weighted by atomic mass is 16.5. The number of hydrogen-bond acceptors (Lipinski definition) is 2. The fraction of sp³-hybridized carbons (Fsp3) is 0.200. The van der Waals surface area contributed by atoms with Gasteiger partial charge < -0.3 is 9.77 Å². The second-order valence-electron chi connectivity index (χ2n) is 6.63.